The van der Waals surface area contributed by atoms with Gasteiger partial charge in [-0.25, -0.2) is 0 Å². The molecule has 74 valence electrons. The topological polar surface area (TPSA) is 101 Å². The molecule has 1 rings (SSSR count). The highest BCUT2D eigenvalue weighted by Crippen LogP contribution is 2.41. The lowest BCUT2D eigenvalue weighted by atomic mass is 10.3. The van der Waals surface area contributed by atoms with Gasteiger partial charge < -0.3 is 11.7 Å². The fourth-order valence-electron chi connectivity index (χ4n) is 0.836. The molecule has 0 aliphatic heterocycles. The SMILES string of the molecule is NN=Nc1c(Br)ccc(Br)c1N=NN. The summed E-state index contributed by atoms with van der Waals surface area (Å²) < 4.78 is 1.41. The van der Waals surface area contributed by atoms with Gasteiger partial charge in [-0.3, -0.25) is 0 Å². The van der Waals surface area contributed by atoms with E-state index in [1.807, 2.05) is 0 Å². The van der Waals surface area contributed by atoms with E-state index in [-0.39, 0.29) is 0 Å². The summed E-state index contributed by atoms with van der Waals surface area (Å²) in [7, 11) is 0. The molecule has 0 bridgehead atoms. The molecule has 1 aromatic rings. The van der Waals surface area contributed by atoms with Crippen molar-refractivity contribution in [2.45, 2.75) is 0 Å². The van der Waals surface area contributed by atoms with Gasteiger partial charge in [0.15, 0.2) is 0 Å². The van der Waals surface area contributed by atoms with E-state index in [1.54, 1.807) is 12.1 Å². The Bertz CT molecular complexity index is 351. The maximum absolute atomic E-state index is 4.96. The van der Waals surface area contributed by atoms with Gasteiger partial charge in [-0.05, 0) is 44.0 Å². The van der Waals surface area contributed by atoms with E-state index in [1.165, 1.54) is 0 Å². The number of nitrogens with two attached hydrogens (primary N) is 2. The number of benzene rings is 1. The van der Waals surface area contributed by atoms with Crippen LogP contribution in [0.2, 0.25) is 0 Å². The normalized spacial score (nSPS) is 11.6. The Labute approximate surface area is 96.7 Å². The molecule has 0 unspecified atom stereocenters. The average molecular weight is 322 g/mol. The predicted octanol–water partition coefficient (Wildman–Crippen LogP) is 3.13. The first kappa shape index (κ1) is 11.1. The molecule has 0 heterocycles. The molecule has 0 amide bonds. The first-order valence-corrected chi connectivity index (χ1v) is 4.99. The molecule has 0 spiro atoms. The van der Waals surface area contributed by atoms with E-state index in [0.717, 1.165) is 0 Å². The largest absolute Gasteiger partial charge is 0.305 e. The van der Waals surface area contributed by atoms with Crippen LogP contribution in [0.4, 0.5) is 11.4 Å². The molecule has 0 atom stereocenters. The number of halogens is 2. The van der Waals surface area contributed by atoms with Crippen LogP contribution in [0.3, 0.4) is 0 Å². The summed E-state index contributed by atoms with van der Waals surface area (Å²) in [6.07, 6.45) is 0. The fourth-order valence-corrected chi connectivity index (χ4v) is 1.63. The van der Waals surface area contributed by atoms with Crippen molar-refractivity contribution < 1.29 is 0 Å². The second-order valence-electron chi connectivity index (χ2n) is 2.16. The summed E-state index contributed by atoms with van der Waals surface area (Å²) in [5.74, 6) is 9.93. The van der Waals surface area contributed by atoms with Crippen LogP contribution in [-0.4, -0.2) is 0 Å². The Morgan fingerprint density at radius 2 is 1.21 bits per heavy atom. The molecule has 14 heavy (non-hydrogen) atoms. The zero-order valence-electron chi connectivity index (χ0n) is 6.85. The highest BCUT2D eigenvalue weighted by molar-refractivity contribution is 9.11. The van der Waals surface area contributed by atoms with Crippen LogP contribution in [0.25, 0.3) is 0 Å². The van der Waals surface area contributed by atoms with Gasteiger partial charge in [0.1, 0.15) is 11.4 Å². The van der Waals surface area contributed by atoms with Crippen LogP contribution in [0.5, 0.6) is 0 Å². The van der Waals surface area contributed by atoms with Crippen molar-refractivity contribution in [3.8, 4) is 0 Å². The second-order valence-corrected chi connectivity index (χ2v) is 3.87. The minimum absolute atomic E-state index is 0.469. The highest BCUT2D eigenvalue weighted by atomic mass is 79.9. The molecular formula is C6H6Br2N6. The van der Waals surface area contributed by atoms with Crippen molar-refractivity contribution in [3.63, 3.8) is 0 Å². The maximum Gasteiger partial charge on any atom is 0.130 e. The Morgan fingerprint density at radius 1 is 0.857 bits per heavy atom. The predicted molar refractivity (Wildman–Crippen MR) is 59.2 cm³/mol. The molecule has 0 fully saturated rings. The molecule has 0 aliphatic rings. The molecule has 0 saturated carbocycles. The smallest absolute Gasteiger partial charge is 0.130 e. The van der Waals surface area contributed by atoms with Gasteiger partial charge in [-0.15, -0.1) is 10.2 Å². The van der Waals surface area contributed by atoms with E-state index < -0.39 is 0 Å². The third kappa shape index (κ3) is 2.26. The summed E-state index contributed by atoms with van der Waals surface area (Å²) in [6.45, 7) is 0. The van der Waals surface area contributed by atoms with Gasteiger partial charge in [0, 0.05) is 8.95 Å². The van der Waals surface area contributed by atoms with Crippen molar-refractivity contribution in [1.29, 1.82) is 0 Å². The minimum Gasteiger partial charge on any atom is -0.305 e. The van der Waals surface area contributed by atoms with Crippen LogP contribution in [-0.2, 0) is 0 Å². The third-order valence-corrected chi connectivity index (χ3v) is 2.65. The first-order valence-electron chi connectivity index (χ1n) is 3.40. The molecule has 4 N–H and O–H groups in total. The van der Waals surface area contributed by atoms with Crippen LogP contribution in [0.15, 0.2) is 41.8 Å². The number of hydrogen-bond donors (Lipinski definition) is 2. The molecule has 6 nitrogen and oxygen atoms in total. The zero-order chi connectivity index (χ0) is 10.6. The van der Waals surface area contributed by atoms with Crippen LogP contribution >= 0.6 is 31.9 Å². The van der Waals surface area contributed by atoms with Gasteiger partial charge in [0.05, 0.1) is 0 Å². The monoisotopic (exact) mass is 320 g/mol. The van der Waals surface area contributed by atoms with Crippen molar-refractivity contribution in [2.24, 2.45) is 32.4 Å². The molecule has 1 aromatic carbocycles. The lowest BCUT2D eigenvalue weighted by Gasteiger charge is -2.02. The van der Waals surface area contributed by atoms with E-state index in [0.29, 0.717) is 20.3 Å². The molecule has 8 heteroatoms. The second kappa shape index (κ2) is 5.01. The van der Waals surface area contributed by atoms with E-state index in [9.17, 15) is 0 Å². The van der Waals surface area contributed by atoms with Gasteiger partial charge in [0.2, 0.25) is 0 Å². The Kier molecular flexibility index (Phi) is 3.96. The van der Waals surface area contributed by atoms with Gasteiger partial charge in [0.25, 0.3) is 0 Å². The fraction of sp³-hybridized carbons (Fsp3) is 0. The van der Waals surface area contributed by atoms with Crippen LogP contribution in [0.1, 0.15) is 0 Å². The molecule has 0 radical (unpaired) electrons. The van der Waals surface area contributed by atoms with Crippen molar-refractivity contribution in [2.75, 3.05) is 0 Å². The zero-order valence-corrected chi connectivity index (χ0v) is 10.0. The van der Waals surface area contributed by atoms with Crippen molar-refractivity contribution >= 4 is 43.2 Å². The summed E-state index contributed by atoms with van der Waals surface area (Å²) in [5, 5.41) is 13.8. The Balaban J connectivity index is 3.41. The summed E-state index contributed by atoms with van der Waals surface area (Å²) >= 11 is 6.56. The molecule has 0 aliphatic carbocycles. The lowest BCUT2D eigenvalue weighted by molar-refractivity contribution is 1.03. The van der Waals surface area contributed by atoms with Crippen molar-refractivity contribution in [1.82, 2.24) is 0 Å². The summed E-state index contributed by atoms with van der Waals surface area (Å²) in [6, 6.07) is 3.56. The average Bonchev–Trinajstić information content (AvgIpc) is 2.17. The van der Waals surface area contributed by atoms with E-state index >= 15 is 0 Å². The number of nitrogens with zero attached hydrogens (tertiary/aromatic N) is 4. The Morgan fingerprint density at radius 3 is 1.50 bits per heavy atom. The summed E-state index contributed by atoms with van der Waals surface area (Å²) in [4.78, 5) is 0. The standard InChI is InChI=1S/C6H6Br2N6/c7-3-1-2-4(8)6(12-14-10)5(3)11-13-9/h1-2H,(H2,9,11)(H2,10,12). The van der Waals surface area contributed by atoms with Crippen LogP contribution < -0.4 is 11.7 Å². The minimum atomic E-state index is 0.469. The number of hydrogen-bond acceptors (Lipinski definition) is 4. The van der Waals surface area contributed by atoms with Crippen molar-refractivity contribution in [3.05, 3.63) is 21.1 Å². The molecule has 0 saturated heterocycles. The Hall–Kier alpha value is -1.02. The molecule has 0 aromatic heterocycles. The van der Waals surface area contributed by atoms with Gasteiger partial charge in [-0.1, -0.05) is 10.4 Å². The third-order valence-electron chi connectivity index (χ3n) is 1.37. The van der Waals surface area contributed by atoms with E-state index in [4.69, 9.17) is 11.7 Å². The maximum atomic E-state index is 4.96. The first-order chi connectivity index (χ1) is 6.70. The van der Waals surface area contributed by atoms with Gasteiger partial charge in [-0.2, -0.15) is 0 Å². The van der Waals surface area contributed by atoms with Gasteiger partial charge >= 0.3 is 0 Å². The number of rotatable bonds is 2. The quantitative estimate of drug-likeness (QED) is 0.496. The highest BCUT2D eigenvalue weighted by Gasteiger charge is 2.10. The summed E-state index contributed by atoms with van der Waals surface area (Å²) in [5.41, 5.74) is 0.937. The van der Waals surface area contributed by atoms with Crippen LogP contribution in [0, 0.1) is 0 Å². The van der Waals surface area contributed by atoms with E-state index in [2.05, 4.69) is 52.5 Å². The molecular weight excluding hydrogens is 316 g/mol. The lowest BCUT2D eigenvalue weighted by Crippen LogP contribution is -1.80.